The topological polar surface area (TPSA) is 55.6 Å². The van der Waals surface area contributed by atoms with Crippen LogP contribution >= 0.6 is 0 Å². The molecule has 0 aromatic heterocycles. The summed E-state index contributed by atoms with van der Waals surface area (Å²) in [6.07, 6.45) is 4.64. The molecule has 2 unspecified atom stereocenters. The van der Waals surface area contributed by atoms with Crippen molar-refractivity contribution < 1.29 is 9.53 Å². The first-order valence-corrected chi connectivity index (χ1v) is 6.95. The summed E-state index contributed by atoms with van der Waals surface area (Å²) < 4.78 is 5.55. The zero-order valence-electron chi connectivity index (χ0n) is 12.2. The van der Waals surface area contributed by atoms with Gasteiger partial charge in [0.2, 0.25) is 5.91 Å². The second-order valence-electron chi connectivity index (χ2n) is 6.25. The Hall–Kier alpha value is -0.610. The number of hydrogen-bond acceptors (Lipinski definition) is 3. The third kappa shape index (κ3) is 4.58. The number of amides is 1. The fraction of sp³-hybridized carbons (Fsp3) is 0.929. The maximum atomic E-state index is 12.1. The van der Waals surface area contributed by atoms with Crippen molar-refractivity contribution in [1.29, 1.82) is 0 Å². The molecule has 1 aliphatic rings. The quantitative estimate of drug-likeness (QED) is 0.834. The van der Waals surface area contributed by atoms with E-state index in [1.807, 2.05) is 32.7 Å². The Labute approximate surface area is 111 Å². The standard InChI is InChI=1S/C14H28N2O2/c1-14(2,3)18-10-13(17)16(4)12-8-6-5-7-11(12)9-15/h11-12H,5-10,15H2,1-4H3. The van der Waals surface area contributed by atoms with E-state index in [9.17, 15) is 4.79 Å². The fourth-order valence-electron chi connectivity index (χ4n) is 2.54. The Bertz CT molecular complexity index is 273. The molecule has 0 bridgehead atoms. The van der Waals surface area contributed by atoms with Crippen molar-refractivity contribution in [3.05, 3.63) is 0 Å². The second kappa shape index (κ2) is 6.53. The molecule has 18 heavy (non-hydrogen) atoms. The molecule has 2 N–H and O–H groups in total. The number of nitrogens with zero attached hydrogens (tertiary/aromatic N) is 1. The van der Waals surface area contributed by atoms with Crippen molar-refractivity contribution in [3.63, 3.8) is 0 Å². The SMILES string of the molecule is CN(C(=O)COC(C)(C)C)C1CCCCC1CN. The molecule has 106 valence electrons. The van der Waals surface area contributed by atoms with Gasteiger partial charge >= 0.3 is 0 Å². The monoisotopic (exact) mass is 256 g/mol. The lowest BCUT2D eigenvalue weighted by Gasteiger charge is -2.37. The van der Waals surface area contributed by atoms with Crippen molar-refractivity contribution in [2.24, 2.45) is 11.7 Å². The molecular weight excluding hydrogens is 228 g/mol. The molecule has 1 amide bonds. The molecule has 1 saturated carbocycles. The molecule has 0 spiro atoms. The van der Waals surface area contributed by atoms with Gasteiger partial charge in [-0.15, -0.1) is 0 Å². The van der Waals surface area contributed by atoms with E-state index in [0.29, 0.717) is 18.5 Å². The first kappa shape index (κ1) is 15.4. The number of carbonyl (C=O) groups excluding carboxylic acids is 1. The second-order valence-corrected chi connectivity index (χ2v) is 6.25. The van der Waals surface area contributed by atoms with Crippen LogP contribution in [0, 0.1) is 5.92 Å². The normalized spacial score (nSPS) is 24.9. The zero-order valence-corrected chi connectivity index (χ0v) is 12.2. The molecule has 1 fully saturated rings. The molecule has 4 heteroatoms. The highest BCUT2D eigenvalue weighted by atomic mass is 16.5. The summed E-state index contributed by atoms with van der Waals surface area (Å²) in [7, 11) is 1.88. The van der Waals surface area contributed by atoms with Crippen LogP contribution in [-0.4, -0.2) is 42.6 Å². The van der Waals surface area contributed by atoms with Crippen molar-refractivity contribution >= 4 is 5.91 Å². The molecule has 0 heterocycles. The summed E-state index contributed by atoms with van der Waals surface area (Å²) in [4.78, 5) is 14.0. The molecule has 0 saturated heterocycles. The predicted molar refractivity (Wildman–Crippen MR) is 73.3 cm³/mol. The number of nitrogens with two attached hydrogens (primary N) is 1. The van der Waals surface area contributed by atoms with Crippen molar-refractivity contribution in [2.45, 2.75) is 58.1 Å². The first-order valence-electron chi connectivity index (χ1n) is 6.95. The molecule has 0 aromatic rings. The van der Waals surface area contributed by atoms with Crippen molar-refractivity contribution in [2.75, 3.05) is 20.2 Å². The van der Waals surface area contributed by atoms with E-state index < -0.39 is 0 Å². The minimum absolute atomic E-state index is 0.0651. The lowest BCUT2D eigenvalue weighted by molar-refractivity contribution is -0.143. The third-order valence-corrected chi connectivity index (χ3v) is 3.69. The van der Waals surface area contributed by atoms with Gasteiger partial charge in [0.25, 0.3) is 0 Å². The van der Waals surface area contributed by atoms with Gasteiger partial charge in [0, 0.05) is 13.1 Å². The van der Waals surface area contributed by atoms with Crippen LogP contribution in [0.2, 0.25) is 0 Å². The lowest BCUT2D eigenvalue weighted by atomic mass is 9.83. The summed E-state index contributed by atoms with van der Waals surface area (Å²) in [6, 6.07) is 0.291. The maximum absolute atomic E-state index is 12.1. The van der Waals surface area contributed by atoms with Crippen LogP contribution < -0.4 is 5.73 Å². The highest BCUT2D eigenvalue weighted by molar-refractivity contribution is 5.77. The van der Waals surface area contributed by atoms with Crippen LogP contribution in [-0.2, 0) is 9.53 Å². The van der Waals surface area contributed by atoms with E-state index in [-0.39, 0.29) is 18.1 Å². The summed E-state index contributed by atoms with van der Waals surface area (Å²) in [6.45, 7) is 6.72. The number of ether oxygens (including phenoxy) is 1. The van der Waals surface area contributed by atoms with Gasteiger partial charge < -0.3 is 15.4 Å². The van der Waals surface area contributed by atoms with Crippen LogP contribution in [0.5, 0.6) is 0 Å². The average molecular weight is 256 g/mol. The minimum Gasteiger partial charge on any atom is -0.366 e. The van der Waals surface area contributed by atoms with Crippen molar-refractivity contribution in [1.82, 2.24) is 4.90 Å². The Morgan fingerprint density at radius 2 is 1.94 bits per heavy atom. The Kier molecular flexibility index (Phi) is 5.60. The van der Waals surface area contributed by atoms with Gasteiger partial charge in [-0.25, -0.2) is 0 Å². The van der Waals surface area contributed by atoms with Gasteiger partial charge in [0.1, 0.15) is 6.61 Å². The van der Waals surface area contributed by atoms with Crippen LogP contribution in [0.1, 0.15) is 46.5 Å². The lowest BCUT2D eigenvalue weighted by Crippen LogP contribution is -2.47. The highest BCUT2D eigenvalue weighted by Gasteiger charge is 2.30. The summed E-state index contributed by atoms with van der Waals surface area (Å²) in [5, 5.41) is 0. The molecule has 1 rings (SSSR count). The van der Waals surface area contributed by atoms with E-state index in [2.05, 4.69) is 0 Å². The van der Waals surface area contributed by atoms with E-state index in [1.165, 1.54) is 12.8 Å². The van der Waals surface area contributed by atoms with E-state index in [1.54, 1.807) is 0 Å². The van der Waals surface area contributed by atoms with Gasteiger partial charge in [-0.3, -0.25) is 4.79 Å². The molecule has 4 nitrogen and oxygen atoms in total. The molecule has 0 aliphatic heterocycles. The molecule has 0 aromatic carbocycles. The minimum atomic E-state index is -0.268. The molecule has 1 aliphatic carbocycles. The smallest absolute Gasteiger partial charge is 0.248 e. The molecular formula is C14H28N2O2. The Morgan fingerprint density at radius 3 is 2.50 bits per heavy atom. The number of likely N-dealkylation sites (N-methyl/N-ethyl adjacent to an activating group) is 1. The van der Waals surface area contributed by atoms with Gasteiger partial charge in [0.15, 0.2) is 0 Å². The largest absolute Gasteiger partial charge is 0.366 e. The summed E-state index contributed by atoms with van der Waals surface area (Å²) in [5.74, 6) is 0.512. The highest BCUT2D eigenvalue weighted by Crippen LogP contribution is 2.27. The number of hydrogen-bond donors (Lipinski definition) is 1. The van der Waals surface area contributed by atoms with E-state index >= 15 is 0 Å². The Morgan fingerprint density at radius 1 is 1.33 bits per heavy atom. The Balaban J connectivity index is 2.51. The molecule has 2 atom stereocenters. The van der Waals surface area contributed by atoms with Crippen LogP contribution in [0.4, 0.5) is 0 Å². The number of rotatable bonds is 4. The molecule has 0 radical (unpaired) electrons. The van der Waals surface area contributed by atoms with E-state index in [4.69, 9.17) is 10.5 Å². The van der Waals surface area contributed by atoms with Crippen LogP contribution in [0.15, 0.2) is 0 Å². The average Bonchev–Trinajstić information content (AvgIpc) is 2.34. The van der Waals surface area contributed by atoms with Crippen LogP contribution in [0.25, 0.3) is 0 Å². The van der Waals surface area contributed by atoms with Gasteiger partial charge in [-0.05, 0) is 46.1 Å². The first-order chi connectivity index (χ1) is 8.35. The summed E-state index contributed by atoms with van der Waals surface area (Å²) in [5.41, 5.74) is 5.54. The van der Waals surface area contributed by atoms with Gasteiger partial charge in [-0.2, -0.15) is 0 Å². The number of carbonyl (C=O) groups is 1. The third-order valence-electron chi connectivity index (χ3n) is 3.69. The van der Waals surface area contributed by atoms with Gasteiger partial charge in [-0.1, -0.05) is 12.8 Å². The van der Waals surface area contributed by atoms with E-state index in [0.717, 1.165) is 12.8 Å². The summed E-state index contributed by atoms with van der Waals surface area (Å²) >= 11 is 0. The van der Waals surface area contributed by atoms with Gasteiger partial charge in [0.05, 0.1) is 5.60 Å². The predicted octanol–water partition coefficient (Wildman–Crippen LogP) is 1.78. The fourth-order valence-corrected chi connectivity index (χ4v) is 2.54. The zero-order chi connectivity index (χ0) is 13.8. The van der Waals surface area contributed by atoms with Crippen LogP contribution in [0.3, 0.4) is 0 Å². The van der Waals surface area contributed by atoms with Crippen molar-refractivity contribution in [3.8, 4) is 0 Å². The maximum Gasteiger partial charge on any atom is 0.248 e.